The number of hydrogen-bond donors (Lipinski definition) is 3. The normalized spacial score (nSPS) is 22.7. The predicted octanol–water partition coefficient (Wildman–Crippen LogP) is 5.89. The maximum Gasteiger partial charge on any atom is 0.323 e. The maximum absolute atomic E-state index is 14.4. The van der Waals surface area contributed by atoms with Crippen molar-refractivity contribution in [3.05, 3.63) is 42.0 Å². The van der Waals surface area contributed by atoms with Gasteiger partial charge < -0.3 is 44.5 Å². The third-order valence-corrected chi connectivity index (χ3v) is 9.72. The monoisotopic (exact) mass is 680 g/mol. The van der Waals surface area contributed by atoms with Crippen LogP contribution >= 0.6 is 0 Å². The number of fused-ring (bicyclic) bond motifs is 2. The molecule has 0 unspecified atom stereocenters. The van der Waals surface area contributed by atoms with Crippen LogP contribution < -0.4 is 24.8 Å². The van der Waals surface area contributed by atoms with Crippen LogP contribution in [0.5, 0.6) is 17.2 Å². The van der Waals surface area contributed by atoms with E-state index in [1.807, 2.05) is 20.9 Å². The zero-order chi connectivity index (χ0) is 34.9. The lowest BCUT2D eigenvalue weighted by Crippen LogP contribution is -2.48. The van der Waals surface area contributed by atoms with E-state index in [0.717, 1.165) is 44.9 Å². The largest absolute Gasteiger partial charge is 0.490 e. The minimum absolute atomic E-state index is 0.0555. The fraction of sp³-hybridized carbons (Fsp3) is 0.595. The van der Waals surface area contributed by atoms with Gasteiger partial charge in [0.15, 0.2) is 11.5 Å². The number of rotatable bonds is 7. The summed E-state index contributed by atoms with van der Waals surface area (Å²) >= 11 is 0. The number of nitrogens with zero attached hydrogens (tertiary/aromatic N) is 2. The summed E-state index contributed by atoms with van der Waals surface area (Å²) in [6.45, 7) is 6.93. The lowest BCUT2D eigenvalue weighted by molar-refractivity contribution is -0.137. The molecule has 1 saturated carbocycles. The van der Waals surface area contributed by atoms with Gasteiger partial charge >= 0.3 is 6.03 Å². The molecule has 4 amide bonds. The molecule has 49 heavy (non-hydrogen) atoms. The second-order valence-corrected chi connectivity index (χ2v) is 13.7. The van der Waals surface area contributed by atoms with Crippen molar-refractivity contribution in [2.75, 3.05) is 50.8 Å². The van der Waals surface area contributed by atoms with Crippen molar-refractivity contribution < 1.29 is 38.4 Å². The zero-order valence-electron chi connectivity index (χ0n) is 29.2. The second-order valence-electron chi connectivity index (χ2n) is 13.7. The quantitative estimate of drug-likeness (QED) is 0.329. The van der Waals surface area contributed by atoms with E-state index in [1.54, 1.807) is 53.1 Å². The summed E-state index contributed by atoms with van der Waals surface area (Å²) in [4.78, 5) is 44.2. The van der Waals surface area contributed by atoms with Crippen LogP contribution in [0.4, 0.5) is 16.2 Å². The van der Waals surface area contributed by atoms with Crippen molar-refractivity contribution in [2.24, 2.45) is 11.8 Å². The van der Waals surface area contributed by atoms with E-state index < -0.39 is 12.1 Å². The van der Waals surface area contributed by atoms with E-state index in [1.165, 1.54) is 6.42 Å². The highest BCUT2D eigenvalue weighted by Gasteiger charge is 2.32. The van der Waals surface area contributed by atoms with Gasteiger partial charge in [-0.3, -0.25) is 9.59 Å². The Labute approximate surface area is 289 Å². The number of hydrogen-bond acceptors (Lipinski definition) is 8. The summed E-state index contributed by atoms with van der Waals surface area (Å²) in [6, 6.07) is 9.12. The molecular weight excluding hydrogens is 628 g/mol. The van der Waals surface area contributed by atoms with Gasteiger partial charge in [0.2, 0.25) is 12.7 Å². The van der Waals surface area contributed by atoms with Crippen LogP contribution in [0.1, 0.15) is 82.5 Å². The fourth-order valence-corrected chi connectivity index (χ4v) is 6.75. The number of aliphatic hydroxyl groups is 1. The molecule has 1 aliphatic carbocycles. The number of carbonyl (C=O) groups excluding carboxylic acids is 3. The van der Waals surface area contributed by atoms with Gasteiger partial charge in [0, 0.05) is 56.0 Å². The van der Waals surface area contributed by atoms with Gasteiger partial charge in [0.05, 0.1) is 30.4 Å². The highest BCUT2D eigenvalue weighted by molar-refractivity contribution is 6.02. The number of nitrogens with one attached hydrogen (secondary N) is 2. The Balaban J connectivity index is 1.36. The smallest absolute Gasteiger partial charge is 0.323 e. The summed E-state index contributed by atoms with van der Waals surface area (Å²) in [7, 11) is 1.85. The third-order valence-electron chi connectivity index (χ3n) is 9.72. The summed E-state index contributed by atoms with van der Waals surface area (Å²) in [5.74, 6) is 1.29. The number of carbonyl (C=O) groups is 3. The van der Waals surface area contributed by atoms with E-state index in [-0.39, 0.29) is 61.4 Å². The molecule has 12 nitrogen and oxygen atoms in total. The summed E-state index contributed by atoms with van der Waals surface area (Å²) in [5, 5.41) is 15.9. The first-order valence-electron chi connectivity index (χ1n) is 17.7. The summed E-state index contributed by atoms with van der Waals surface area (Å²) < 4.78 is 23.5. The summed E-state index contributed by atoms with van der Waals surface area (Å²) in [6.07, 6.45) is 7.19. The molecule has 2 heterocycles. The number of likely N-dealkylation sites (N-methyl/N-ethyl adjacent to an activating group) is 1. The first-order valence-corrected chi connectivity index (χ1v) is 17.7. The van der Waals surface area contributed by atoms with Gasteiger partial charge in [-0.25, -0.2) is 4.79 Å². The molecule has 0 spiro atoms. The van der Waals surface area contributed by atoms with Crippen LogP contribution in [0.25, 0.3) is 0 Å². The topological polar surface area (TPSA) is 139 Å². The molecule has 12 heteroatoms. The van der Waals surface area contributed by atoms with E-state index in [9.17, 15) is 19.5 Å². The van der Waals surface area contributed by atoms with Crippen LogP contribution in [0.2, 0.25) is 0 Å². The first kappa shape index (κ1) is 36.3. The van der Waals surface area contributed by atoms with Gasteiger partial charge in [-0.2, -0.15) is 0 Å². The van der Waals surface area contributed by atoms with Crippen LogP contribution in [-0.2, 0) is 9.53 Å². The molecule has 2 aliphatic heterocycles. The van der Waals surface area contributed by atoms with Crippen molar-refractivity contribution >= 4 is 29.2 Å². The van der Waals surface area contributed by atoms with Gasteiger partial charge in [-0.15, -0.1) is 0 Å². The minimum Gasteiger partial charge on any atom is -0.490 e. The van der Waals surface area contributed by atoms with Crippen molar-refractivity contribution in [1.82, 2.24) is 9.80 Å². The molecule has 0 radical (unpaired) electrons. The molecule has 2 aromatic carbocycles. The molecule has 0 bridgehead atoms. The first-order chi connectivity index (χ1) is 23.6. The van der Waals surface area contributed by atoms with E-state index in [2.05, 4.69) is 10.6 Å². The number of benzene rings is 2. The Bertz CT molecular complexity index is 1450. The molecule has 0 saturated heterocycles. The van der Waals surface area contributed by atoms with E-state index in [0.29, 0.717) is 41.8 Å². The number of aliphatic hydroxyl groups excluding tert-OH is 1. The molecule has 3 aliphatic rings. The third kappa shape index (κ3) is 9.57. The zero-order valence-corrected chi connectivity index (χ0v) is 29.2. The minimum atomic E-state index is -0.513. The van der Waals surface area contributed by atoms with Crippen molar-refractivity contribution in [3.63, 3.8) is 0 Å². The fourth-order valence-electron chi connectivity index (χ4n) is 6.75. The summed E-state index contributed by atoms with van der Waals surface area (Å²) in [5.41, 5.74) is 1.20. The van der Waals surface area contributed by atoms with Crippen LogP contribution in [0.3, 0.4) is 0 Å². The Morgan fingerprint density at radius 3 is 2.35 bits per heavy atom. The number of ether oxygens (including phenoxy) is 4. The molecule has 268 valence electrons. The Hall–Kier alpha value is -4.03. The van der Waals surface area contributed by atoms with Gasteiger partial charge in [0.25, 0.3) is 5.91 Å². The van der Waals surface area contributed by atoms with Crippen molar-refractivity contribution in [1.29, 1.82) is 0 Å². The van der Waals surface area contributed by atoms with E-state index >= 15 is 0 Å². The van der Waals surface area contributed by atoms with Gasteiger partial charge in [-0.1, -0.05) is 26.2 Å². The molecule has 3 N–H and O–H groups in total. The predicted molar refractivity (Wildman–Crippen MR) is 186 cm³/mol. The van der Waals surface area contributed by atoms with Gasteiger partial charge in [-0.05, 0) is 76.3 Å². The molecule has 4 atom stereocenters. The van der Waals surface area contributed by atoms with Gasteiger partial charge in [0.1, 0.15) is 5.75 Å². The molecule has 5 rings (SSSR count). The lowest BCUT2D eigenvalue weighted by atomic mass is 9.88. The Kier molecular flexibility index (Phi) is 12.6. The average molecular weight is 681 g/mol. The highest BCUT2D eigenvalue weighted by Crippen LogP contribution is 2.34. The molecule has 2 aromatic rings. The van der Waals surface area contributed by atoms with Crippen molar-refractivity contribution in [3.8, 4) is 17.2 Å². The Morgan fingerprint density at radius 1 is 0.939 bits per heavy atom. The SMILES string of the molecule is C[C@@H]1CCCCO[C@H](CN(C)C(=O)C2CCCCC2)[C@H](C)CN([C@@H](C)CO)C(=O)c2cc(NC(=O)Nc3ccc4c(c3)OCO4)ccc2O1. The number of anilines is 2. The second kappa shape index (κ2) is 17.1. The Morgan fingerprint density at radius 2 is 1.61 bits per heavy atom. The molecular formula is C37H52N4O8. The van der Waals surface area contributed by atoms with E-state index in [4.69, 9.17) is 18.9 Å². The standard InChI is InChI=1S/C37H52N4O8/c1-24-20-41(25(2)22-42)36(44)30-18-28(38-37(45)39-29-14-16-32-33(19-29)48-23-47-32)13-15-31(30)49-26(3)10-8-9-17-46-34(24)21-40(4)35(43)27-11-6-5-7-12-27/h13-16,18-19,24-27,34,42H,5-12,17,20-23H2,1-4H3,(H2,38,39,45)/t24-,25+,26-,34-/m1/s1. The van der Waals surface area contributed by atoms with Crippen LogP contribution in [-0.4, -0.2) is 91.1 Å². The molecule has 1 fully saturated rings. The maximum atomic E-state index is 14.4. The number of urea groups is 1. The van der Waals surface area contributed by atoms with Crippen LogP contribution in [0.15, 0.2) is 36.4 Å². The van der Waals surface area contributed by atoms with Crippen LogP contribution in [0, 0.1) is 11.8 Å². The highest BCUT2D eigenvalue weighted by atomic mass is 16.7. The van der Waals surface area contributed by atoms with Crippen molar-refractivity contribution in [2.45, 2.75) is 90.4 Å². The lowest BCUT2D eigenvalue weighted by Gasteiger charge is -2.36. The average Bonchev–Trinajstić information content (AvgIpc) is 3.57. The molecule has 0 aromatic heterocycles. The number of amides is 4.